The summed E-state index contributed by atoms with van der Waals surface area (Å²) in [7, 11) is 0. The Labute approximate surface area is 190 Å². The van der Waals surface area contributed by atoms with Gasteiger partial charge in [-0.3, -0.25) is 9.69 Å². The fourth-order valence-electron chi connectivity index (χ4n) is 5.00. The minimum Gasteiger partial charge on any atom is -0.441 e. The minimum atomic E-state index is 0.331. The van der Waals surface area contributed by atoms with Crippen LogP contribution in [-0.4, -0.2) is 46.9 Å². The zero-order valence-corrected chi connectivity index (χ0v) is 18.8. The van der Waals surface area contributed by atoms with Gasteiger partial charge in [0.1, 0.15) is 5.76 Å². The van der Waals surface area contributed by atoms with Crippen molar-refractivity contribution in [2.45, 2.75) is 39.2 Å². The highest BCUT2D eigenvalue weighted by atomic mass is 16.4. The van der Waals surface area contributed by atoms with E-state index in [-0.39, 0.29) is 0 Å². The Hall–Kier alpha value is -2.92. The molecule has 3 heterocycles. The molecule has 2 fully saturated rings. The standard InChI is InChI=1S/C27H31N3O2/c1-20-25(19-29-15-5-7-21(17-29)18-30-16-6-10-26(30)31)28-27(32-20)24-13-11-23(12-14-24)22-8-3-2-4-9-22/h2-4,8-9,11-14,21H,5-7,10,15-19H2,1H3/t21-/m0/s1. The molecule has 5 nitrogen and oxygen atoms in total. The van der Waals surface area contributed by atoms with Crippen LogP contribution in [0, 0.1) is 12.8 Å². The van der Waals surface area contributed by atoms with E-state index in [0.717, 1.165) is 62.6 Å². The van der Waals surface area contributed by atoms with Crippen LogP contribution in [0.4, 0.5) is 0 Å². The number of nitrogens with zero attached hydrogens (tertiary/aromatic N) is 3. The van der Waals surface area contributed by atoms with Gasteiger partial charge in [0.25, 0.3) is 0 Å². The lowest BCUT2D eigenvalue weighted by Gasteiger charge is -2.34. The molecule has 1 aromatic heterocycles. The number of aromatic nitrogens is 1. The first-order chi connectivity index (χ1) is 15.7. The Bertz CT molecular complexity index is 1060. The lowest BCUT2D eigenvalue weighted by molar-refractivity contribution is -0.128. The Morgan fingerprint density at radius 1 is 0.969 bits per heavy atom. The van der Waals surface area contributed by atoms with E-state index in [2.05, 4.69) is 58.3 Å². The summed E-state index contributed by atoms with van der Waals surface area (Å²) < 4.78 is 6.05. The monoisotopic (exact) mass is 429 g/mol. The Kier molecular flexibility index (Phi) is 6.08. The van der Waals surface area contributed by atoms with Crippen molar-refractivity contribution in [1.82, 2.24) is 14.8 Å². The summed E-state index contributed by atoms with van der Waals surface area (Å²) in [5.74, 6) is 2.47. The maximum absolute atomic E-state index is 12.0. The molecule has 1 amide bonds. The van der Waals surface area contributed by atoms with E-state index in [1.54, 1.807) is 0 Å². The highest BCUT2D eigenvalue weighted by Gasteiger charge is 2.27. The highest BCUT2D eigenvalue weighted by Crippen LogP contribution is 2.27. The van der Waals surface area contributed by atoms with Crippen LogP contribution in [0.3, 0.4) is 0 Å². The molecule has 0 unspecified atom stereocenters. The molecule has 0 saturated carbocycles. The van der Waals surface area contributed by atoms with Crippen LogP contribution in [-0.2, 0) is 11.3 Å². The van der Waals surface area contributed by atoms with Gasteiger partial charge in [0.2, 0.25) is 11.8 Å². The summed E-state index contributed by atoms with van der Waals surface area (Å²) in [5, 5.41) is 0. The number of benzene rings is 2. The zero-order valence-electron chi connectivity index (χ0n) is 18.8. The molecule has 5 rings (SSSR count). The summed E-state index contributed by atoms with van der Waals surface area (Å²) in [6.07, 6.45) is 4.13. The predicted octanol–water partition coefficient (Wildman–Crippen LogP) is 5.15. The molecular formula is C27H31N3O2. The number of hydrogen-bond acceptors (Lipinski definition) is 4. The van der Waals surface area contributed by atoms with Gasteiger partial charge >= 0.3 is 0 Å². The molecule has 1 atom stereocenters. The molecule has 166 valence electrons. The van der Waals surface area contributed by atoms with Gasteiger partial charge in [0.05, 0.1) is 5.69 Å². The molecule has 0 N–H and O–H groups in total. The van der Waals surface area contributed by atoms with E-state index in [1.807, 2.05) is 13.0 Å². The minimum absolute atomic E-state index is 0.331. The number of carbonyl (C=O) groups is 1. The van der Waals surface area contributed by atoms with Gasteiger partial charge in [-0.15, -0.1) is 0 Å². The second-order valence-corrected chi connectivity index (χ2v) is 9.15. The number of likely N-dealkylation sites (tertiary alicyclic amines) is 2. The van der Waals surface area contributed by atoms with Gasteiger partial charge in [-0.05, 0) is 61.9 Å². The van der Waals surface area contributed by atoms with Gasteiger partial charge < -0.3 is 9.32 Å². The molecule has 0 spiro atoms. The van der Waals surface area contributed by atoms with Crippen molar-refractivity contribution in [2.75, 3.05) is 26.2 Å². The van der Waals surface area contributed by atoms with Gasteiger partial charge in [-0.1, -0.05) is 42.5 Å². The van der Waals surface area contributed by atoms with Crippen molar-refractivity contribution in [3.63, 3.8) is 0 Å². The number of aryl methyl sites for hydroxylation is 1. The predicted molar refractivity (Wildman–Crippen MR) is 126 cm³/mol. The van der Waals surface area contributed by atoms with E-state index >= 15 is 0 Å². The van der Waals surface area contributed by atoms with Crippen LogP contribution in [0.1, 0.15) is 37.1 Å². The van der Waals surface area contributed by atoms with Crippen molar-refractivity contribution in [3.05, 3.63) is 66.1 Å². The molecule has 0 bridgehead atoms. The van der Waals surface area contributed by atoms with Crippen molar-refractivity contribution in [2.24, 2.45) is 5.92 Å². The van der Waals surface area contributed by atoms with E-state index in [4.69, 9.17) is 9.40 Å². The molecule has 5 heteroatoms. The maximum atomic E-state index is 12.0. The number of hydrogen-bond donors (Lipinski definition) is 0. The third kappa shape index (κ3) is 4.63. The van der Waals surface area contributed by atoms with E-state index in [0.29, 0.717) is 17.7 Å². The molecular weight excluding hydrogens is 398 g/mol. The molecule has 2 aromatic carbocycles. The summed E-state index contributed by atoms with van der Waals surface area (Å²) in [6.45, 7) is 6.77. The summed E-state index contributed by atoms with van der Waals surface area (Å²) in [4.78, 5) is 21.4. The smallest absolute Gasteiger partial charge is 0.226 e. The molecule has 0 aliphatic carbocycles. The average Bonchev–Trinajstić information content (AvgIpc) is 3.40. The van der Waals surface area contributed by atoms with Crippen LogP contribution in [0.25, 0.3) is 22.6 Å². The van der Waals surface area contributed by atoms with Gasteiger partial charge in [0.15, 0.2) is 0 Å². The van der Waals surface area contributed by atoms with Gasteiger partial charge in [-0.25, -0.2) is 4.98 Å². The fraction of sp³-hybridized carbons (Fsp3) is 0.407. The third-order valence-electron chi connectivity index (χ3n) is 6.76. The van der Waals surface area contributed by atoms with Crippen LogP contribution in [0.15, 0.2) is 59.0 Å². The first kappa shape index (κ1) is 21.0. The lowest BCUT2D eigenvalue weighted by atomic mass is 9.97. The normalized spacial score (nSPS) is 19.6. The molecule has 32 heavy (non-hydrogen) atoms. The lowest BCUT2D eigenvalue weighted by Crippen LogP contribution is -2.41. The second kappa shape index (κ2) is 9.29. The molecule has 2 saturated heterocycles. The average molecular weight is 430 g/mol. The van der Waals surface area contributed by atoms with Crippen molar-refractivity contribution in [3.8, 4) is 22.6 Å². The van der Waals surface area contributed by atoms with E-state index in [9.17, 15) is 4.79 Å². The Morgan fingerprint density at radius 3 is 2.47 bits per heavy atom. The van der Waals surface area contributed by atoms with Crippen LogP contribution in [0.5, 0.6) is 0 Å². The Morgan fingerprint density at radius 2 is 1.72 bits per heavy atom. The van der Waals surface area contributed by atoms with Crippen LogP contribution < -0.4 is 0 Å². The molecule has 3 aromatic rings. The first-order valence-electron chi connectivity index (χ1n) is 11.8. The highest BCUT2D eigenvalue weighted by molar-refractivity contribution is 5.78. The van der Waals surface area contributed by atoms with Crippen molar-refractivity contribution < 1.29 is 9.21 Å². The van der Waals surface area contributed by atoms with Gasteiger partial charge in [0, 0.05) is 38.2 Å². The number of oxazole rings is 1. The van der Waals surface area contributed by atoms with Crippen LogP contribution >= 0.6 is 0 Å². The topological polar surface area (TPSA) is 49.6 Å². The quantitative estimate of drug-likeness (QED) is 0.544. The van der Waals surface area contributed by atoms with Gasteiger partial charge in [-0.2, -0.15) is 0 Å². The zero-order chi connectivity index (χ0) is 21.9. The largest absolute Gasteiger partial charge is 0.441 e. The SMILES string of the molecule is Cc1oc(-c2ccc(-c3ccccc3)cc2)nc1CN1CCC[C@H](CN2CCCC2=O)C1. The first-order valence-corrected chi connectivity index (χ1v) is 11.8. The molecule has 2 aliphatic rings. The number of carbonyl (C=O) groups excluding carboxylic acids is 1. The fourth-order valence-corrected chi connectivity index (χ4v) is 5.00. The summed E-state index contributed by atoms with van der Waals surface area (Å²) in [6, 6.07) is 18.8. The number of rotatable bonds is 6. The van der Waals surface area contributed by atoms with E-state index < -0.39 is 0 Å². The molecule has 2 aliphatic heterocycles. The second-order valence-electron chi connectivity index (χ2n) is 9.15. The van der Waals surface area contributed by atoms with Crippen LogP contribution in [0.2, 0.25) is 0 Å². The van der Waals surface area contributed by atoms with Crippen molar-refractivity contribution >= 4 is 5.91 Å². The maximum Gasteiger partial charge on any atom is 0.226 e. The Balaban J connectivity index is 1.24. The number of piperidine rings is 1. The summed E-state index contributed by atoms with van der Waals surface area (Å²) >= 11 is 0. The van der Waals surface area contributed by atoms with Crippen molar-refractivity contribution in [1.29, 1.82) is 0 Å². The summed E-state index contributed by atoms with van der Waals surface area (Å²) in [5.41, 5.74) is 4.42. The van der Waals surface area contributed by atoms with E-state index in [1.165, 1.54) is 24.0 Å². The number of amides is 1. The molecule has 0 radical (unpaired) electrons. The third-order valence-corrected chi connectivity index (χ3v) is 6.76.